The van der Waals surface area contributed by atoms with Gasteiger partial charge in [0, 0.05) is 11.3 Å². The topological polar surface area (TPSA) is 111 Å². The minimum atomic E-state index is -1.06. The minimum Gasteiger partial charge on any atom is -0.507 e. The fraction of sp³-hybridized carbons (Fsp3) is 0.118. The molecule has 1 unspecified atom stereocenters. The maximum Gasteiger partial charge on any atom is 0.301 e. The number of para-hydroxylation sites is 1. The summed E-state index contributed by atoms with van der Waals surface area (Å²) < 4.78 is 32.0. The number of halogens is 1. The first-order chi connectivity index (χ1) is 22.5. The van der Waals surface area contributed by atoms with Gasteiger partial charge in [-0.1, -0.05) is 71.6 Å². The molecule has 4 aromatic carbocycles. The van der Waals surface area contributed by atoms with Gasteiger partial charge in [-0.2, -0.15) is 0 Å². The lowest BCUT2D eigenvalue weighted by atomic mass is 9.95. The summed E-state index contributed by atoms with van der Waals surface area (Å²) in [6.07, 6.45) is 0. The van der Waals surface area contributed by atoms with Crippen LogP contribution in [0.2, 0.25) is 0 Å². The molecule has 5 aromatic rings. The van der Waals surface area contributed by atoms with Gasteiger partial charge in [0.25, 0.3) is 5.78 Å². The van der Waals surface area contributed by atoms with Crippen molar-refractivity contribution in [2.75, 3.05) is 18.1 Å². The Balaban J connectivity index is 1.29. The van der Waals surface area contributed by atoms with Gasteiger partial charge in [-0.05, 0) is 59.7 Å². The molecule has 230 valence electrons. The third-order valence-corrected chi connectivity index (χ3v) is 9.43. The van der Waals surface area contributed by atoms with Crippen LogP contribution >= 0.6 is 23.1 Å². The van der Waals surface area contributed by atoms with Gasteiger partial charge in [0.05, 0.1) is 11.6 Å². The number of benzene rings is 4. The van der Waals surface area contributed by atoms with Crippen molar-refractivity contribution >= 4 is 45.7 Å². The van der Waals surface area contributed by atoms with E-state index in [4.69, 9.17) is 14.2 Å². The smallest absolute Gasteiger partial charge is 0.301 e. The molecule has 2 aliphatic heterocycles. The predicted molar refractivity (Wildman–Crippen MR) is 171 cm³/mol. The highest BCUT2D eigenvalue weighted by atomic mass is 32.2. The zero-order valence-corrected chi connectivity index (χ0v) is 25.6. The largest absolute Gasteiger partial charge is 0.507 e. The van der Waals surface area contributed by atoms with Crippen molar-refractivity contribution in [3.05, 3.63) is 125 Å². The van der Waals surface area contributed by atoms with Gasteiger partial charge in [0.2, 0.25) is 5.13 Å². The monoisotopic (exact) mass is 653 g/mol. The molecule has 2 aliphatic rings. The molecular weight excluding hydrogens is 630 g/mol. The van der Waals surface area contributed by atoms with Crippen LogP contribution in [0.25, 0.3) is 5.76 Å². The van der Waals surface area contributed by atoms with Gasteiger partial charge < -0.3 is 19.3 Å². The van der Waals surface area contributed by atoms with Crippen LogP contribution in [0.5, 0.6) is 23.0 Å². The second-order valence-electron chi connectivity index (χ2n) is 10.2. The number of ether oxygens (including phenoxy) is 3. The molecule has 1 aromatic heterocycles. The normalized spacial score (nSPS) is 16.9. The molecule has 46 heavy (non-hydrogen) atoms. The van der Waals surface area contributed by atoms with E-state index in [0.29, 0.717) is 57.4 Å². The van der Waals surface area contributed by atoms with Crippen LogP contribution in [-0.4, -0.2) is 40.2 Å². The Morgan fingerprint density at radius 3 is 2.50 bits per heavy atom. The fourth-order valence-electron chi connectivity index (χ4n) is 5.18. The number of aromatic nitrogens is 2. The standard InChI is InChI=1S/C34H24FN3O6S2/c35-25-12-5-4-7-22(25)19-45-34-37-36-33(46-34)38-29(20-8-6-11-24(17-20)44-23-9-2-1-3-10-23)28(31(40)32(38)41)30(39)21-13-14-26-27(18-21)43-16-15-42-26/h1-14,17-18,29,39H,15-16,19H2/b30-28+. The average molecular weight is 654 g/mol. The van der Waals surface area contributed by atoms with E-state index in [-0.39, 0.29) is 27.8 Å². The number of aliphatic hydroxyl groups excluding tert-OH is 1. The molecule has 0 bridgehead atoms. The number of rotatable bonds is 8. The Morgan fingerprint density at radius 1 is 0.913 bits per heavy atom. The van der Waals surface area contributed by atoms with Crippen LogP contribution in [0.15, 0.2) is 107 Å². The SMILES string of the molecule is O=C1C(=O)N(c2nnc(SCc3ccccc3F)s2)C(c2cccc(Oc3ccccc3)c2)/C1=C(\O)c1ccc2c(c1)OCCO2. The van der Waals surface area contributed by atoms with Crippen molar-refractivity contribution in [2.45, 2.75) is 16.1 Å². The van der Waals surface area contributed by atoms with Crippen molar-refractivity contribution in [2.24, 2.45) is 0 Å². The summed E-state index contributed by atoms with van der Waals surface area (Å²) in [5.74, 6) is -0.176. The van der Waals surface area contributed by atoms with E-state index in [1.165, 1.54) is 22.7 Å². The Hall–Kier alpha value is -5.20. The summed E-state index contributed by atoms with van der Waals surface area (Å²) >= 11 is 2.36. The van der Waals surface area contributed by atoms with E-state index in [1.807, 2.05) is 30.3 Å². The van der Waals surface area contributed by atoms with Crippen LogP contribution < -0.4 is 19.1 Å². The number of hydrogen-bond acceptors (Lipinski definition) is 10. The number of hydrogen-bond donors (Lipinski definition) is 1. The highest BCUT2D eigenvalue weighted by Crippen LogP contribution is 2.45. The van der Waals surface area contributed by atoms with Crippen molar-refractivity contribution < 1.29 is 33.3 Å². The van der Waals surface area contributed by atoms with E-state index in [1.54, 1.807) is 60.7 Å². The van der Waals surface area contributed by atoms with Crippen molar-refractivity contribution in [1.82, 2.24) is 10.2 Å². The molecule has 1 N–H and O–H groups in total. The number of fused-ring (bicyclic) bond motifs is 1. The number of amides is 1. The first kappa shape index (κ1) is 29.5. The number of ketones is 1. The average Bonchev–Trinajstić information content (AvgIpc) is 3.66. The lowest BCUT2D eigenvalue weighted by Gasteiger charge is -2.23. The van der Waals surface area contributed by atoms with Crippen LogP contribution in [0, 0.1) is 5.82 Å². The molecule has 3 heterocycles. The second-order valence-corrected chi connectivity index (χ2v) is 12.4. The van der Waals surface area contributed by atoms with Gasteiger partial charge in [0.15, 0.2) is 15.8 Å². The number of thioether (sulfide) groups is 1. The van der Waals surface area contributed by atoms with E-state index in [0.717, 1.165) is 11.3 Å². The highest BCUT2D eigenvalue weighted by Gasteiger charge is 2.48. The van der Waals surface area contributed by atoms with E-state index < -0.39 is 17.7 Å². The summed E-state index contributed by atoms with van der Waals surface area (Å²) in [6, 6.07) is 26.3. The molecule has 7 rings (SSSR count). The first-order valence-electron chi connectivity index (χ1n) is 14.2. The molecule has 0 spiro atoms. The van der Waals surface area contributed by atoms with Crippen LogP contribution in [0.4, 0.5) is 9.52 Å². The van der Waals surface area contributed by atoms with E-state index in [2.05, 4.69) is 10.2 Å². The van der Waals surface area contributed by atoms with Crippen molar-refractivity contribution in [3.8, 4) is 23.0 Å². The molecular formula is C34H24FN3O6S2. The maximum absolute atomic E-state index is 14.2. The third kappa shape index (κ3) is 5.80. The quantitative estimate of drug-likeness (QED) is 0.0613. The Labute approximate surface area is 270 Å². The van der Waals surface area contributed by atoms with Crippen LogP contribution in [0.3, 0.4) is 0 Å². The van der Waals surface area contributed by atoms with Gasteiger partial charge in [-0.3, -0.25) is 14.5 Å². The zero-order valence-electron chi connectivity index (χ0n) is 24.0. The lowest BCUT2D eigenvalue weighted by Crippen LogP contribution is -2.29. The highest BCUT2D eigenvalue weighted by molar-refractivity contribution is 8.00. The first-order valence-corrected chi connectivity index (χ1v) is 16.0. The maximum atomic E-state index is 14.2. The summed E-state index contributed by atoms with van der Waals surface area (Å²) in [5, 5.41) is 20.2. The lowest BCUT2D eigenvalue weighted by molar-refractivity contribution is -0.132. The van der Waals surface area contributed by atoms with Gasteiger partial charge >= 0.3 is 5.91 Å². The van der Waals surface area contributed by atoms with Gasteiger partial charge in [-0.15, -0.1) is 10.2 Å². The molecule has 0 radical (unpaired) electrons. The Morgan fingerprint density at radius 2 is 1.67 bits per heavy atom. The van der Waals surface area contributed by atoms with Crippen LogP contribution in [0.1, 0.15) is 22.7 Å². The molecule has 12 heteroatoms. The molecule has 0 aliphatic carbocycles. The fourth-order valence-corrected chi connectivity index (χ4v) is 7.03. The number of carbonyl (C=O) groups is 2. The molecule has 0 saturated carbocycles. The van der Waals surface area contributed by atoms with Crippen molar-refractivity contribution in [1.29, 1.82) is 0 Å². The summed E-state index contributed by atoms with van der Waals surface area (Å²) in [4.78, 5) is 28.7. The second kappa shape index (κ2) is 12.7. The molecule has 1 atom stereocenters. The third-order valence-electron chi connectivity index (χ3n) is 7.32. The van der Waals surface area contributed by atoms with E-state index in [9.17, 15) is 19.1 Å². The number of anilines is 1. The van der Waals surface area contributed by atoms with Gasteiger partial charge in [-0.25, -0.2) is 4.39 Å². The summed E-state index contributed by atoms with van der Waals surface area (Å²) in [7, 11) is 0. The van der Waals surface area contributed by atoms with Crippen molar-refractivity contribution in [3.63, 3.8) is 0 Å². The number of carbonyl (C=O) groups excluding carboxylic acids is 2. The van der Waals surface area contributed by atoms with E-state index >= 15 is 0 Å². The molecule has 1 saturated heterocycles. The zero-order chi connectivity index (χ0) is 31.6. The number of Topliss-reactive ketones (excluding diaryl/α,β-unsaturated/α-hetero) is 1. The Bertz CT molecular complexity index is 1980. The Kier molecular flexibility index (Phi) is 8.12. The van der Waals surface area contributed by atoms with Gasteiger partial charge in [0.1, 0.15) is 36.3 Å². The molecule has 1 fully saturated rings. The molecule has 1 amide bonds. The number of nitrogens with zero attached hydrogens (tertiary/aromatic N) is 3. The summed E-state index contributed by atoms with van der Waals surface area (Å²) in [5.41, 5.74) is 1.15. The predicted octanol–water partition coefficient (Wildman–Crippen LogP) is 7.16. The number of aliphatic hydroxyl groups is 1. The minimum absolute atomic E-state index is 0.130. The molecule has 9 nitrogen and oxygen atoms in total. The summed E-state index contributed by atoms with van der Waals surface area (Å²) in [6.45, 7) is 0.733. The van der Waals surface area contributed by atoms with Crippen LogP contribution in [-0.2, 0) is 15.3 Å².